The minimum atomic E-state index is -3.34. The molecule has 1 amide bonds. The molecular formula is C17H17N3O3S. The van der Waals surface area contributed by atoms with Gasteiger partial charge >= 0.3 is 0 Å². The van der Waals surface area contributed by atoms with Crippen LogP contribution in [0.25, 0.3) is 5.65 Å². The summed E-state index contributed by atoms with van der Waals surface area (Å²) in [6.07, 6.45) is 4.61. The standard InChI is InChI=1S/C17H17N3O3S/c1-11-6-7-20-10-15(18-16(20)8-11)17(21)19-14-9-13(24(3,22)23)5-4-12(14)2/h4-10H,1-3H3,(H,19,21). The smallest absolute Gasteiger partial charge is 0.275 e. The number of imidazole rings is 1. The molecule has 2 heterocycles. The number of hydrogen-bond acceptors (Lipinski definition) is 4. The van der Waals surface area contributed by atoms with Crippen molar-refractivity contribution >= 4 is 27.1 Å². The van der Waals surface area contributed by atoms with Gasteiger partial charge in [-0.2, -0.15) is 0 Å². The zero-order valence-electron chi connectivity index (χ0n) is 13.6. The second-order valence-electron chi connectivity index (χ2n) is 5.80. The molecule has 0 aliphatic carbocycles. The molecule has 3 aromatic rings. The van der Waals surface area contributed by atoms with Gasteiger partial charge in [-0.05, 0) is 49.2 Å². The fraction of sp³-hybridized carbons (Fsp3) is 0.176. The van der Waals surface area contributed by atoms with E-state index in [2.05, 4.69) is 10.3 Å². The fourth-order valence-electron chi connectivity index (χ4n) is 2.35. The monoisotopic (exact) mass is 343 g/mol. The van der Waals surface area contributed by atoms with Gasteiger partial charge in [-0.15, -0.1) is 0 Å². The summed E-state index contributed by atoms with van der Waals surface area (Å²) in [5.41, 5.74) is 3.23. The number of carbonyl (C=O) groups is 1. The van der Waals surface area contributed by atoms with Crippen molar-refractivity contribution in [2.24, 2.45) is 0 Å². The number of pyridine rings is 1. The number of rotatable bonds is 3. The molecule has 6 nitrogen and oxygen atoms in total. The lowest BCUT2D eigenvalue weighted by molar-refractivity contribution is 0.102. The van der Waals surface area contributed by atoms with Gasteiger partial charge in [0.25, 0.3) is 5.91 Å². The third kappa shape index (κ3) is 3.16. The molecule has 1 aromatic carbocycles. The molecule has 0 fully saturated rings. The van der Waals surface area contributed by atoms with Crippen molar-refractivity contribution in [1.82, 2.24) is 9.38 Å². The normalized spacial score (nSPS) is 11.6. The first kappa shape index (κ1) is 16.2. The molecule has 0 saturated carbocycles. The lowest BCUT2D eigenvalue weighted by Gasteiger charge is -2.09. The second kappa shape index (κ2) is 5.76. The van der Waals surface area contributed by atoms with E-state index >= 15 is 0 Å². The lowest BCUT2D eigenvalue weighted by Crippen LogP contribution is -2.13. The van der Waals surface area contributed by atoms with Gasteiger partial charge in [-0.3, -0.25) is 4.79 Å². The maximum absolute atomic E-state index is 12.4. The summed E-state index contributed by atoms with van der Waals surface area (Å²) in [4.78, 5) is 16.9. The van der Waals surface area contributed by atoms with Crippen molar-refractivity contribution in [2.45, 2.75) is 18.7 Å². The average Bonchev–Trinajstić information content (AvgIpc) is 2.91. The van der Waals surface area contributed by atoms with E-state index in [1.807, 2.05) is 25.3 Å². The van der Waals surface area contributed by atoms with Crippen LogP contribution in [0.1, 0.15) is 21.6 Å². The molecule has 1 N–H and O–H groups in total. The van der Waals surface area contributed by atoms with Gasteiger partial charge in [0.2, 0.25) is 0 Å². The summed E-state index contributed by atoms with van der Waals surface area (Å²) >= 11 is 0. The van der Waals surface area contributed by atoms with Crippen LogP contribution in [0.5, 0.6) is 0 Å². The van der Waals surface area contributed by atoms with Gasteiger partial charge in [-0.25, -0.2) is 13.4 Å². The van der Waals surface area contributed by atoms with Crippen LogP contribution in [-0.2, 0) is 9.84 Å². The summed E-state index contributed by atoms with van der Waals surface area (Å²) in [5, 5.41) is 2.74. The van der Waals surface area contributed by atoms with Crippen molar-refractivity contribution < 1.29 is 13.2 Å². The molecule has 24 heavy (non-hydrogen) atoms. The van der Waals surface area contributed by atoms with E-state index in [4.69, 9.17) is 0 Å². The van der Waals surface area contributed by atoms with Crippen LogP contribution >= 0.6 is 0 Å². The maximum atomic E-state index is 12.4. The van der Waals surface area contributed by atoms with Crippen LogP contribution < -0.4 is 5.32 Å². The Balaban J connectivity index is 1.93. The molecule has 0 unspecified atom stereocenters. The van der Waals surface area contributed by atoms with E-state index in [1.165, 1.54) is 12.1 Å². The summed E-state index contributed by atoms with van der Waals surface area (Å²) in [6, 6.07) is 8.46. The molecule has 0 saturated heterocycles. The molecule has 0 radical (unpaired) electrons. The molecule has 0 bridgehead atoms. The third-order valence-electron chi connectivity index (χ3n) is 3.73. The highest BCUT2D eigenvalue weighted by atomic mass is 32.2. The quantitative estimate of drug-likeness (QED) is 0.793. The minimum Gasteiger partial charge on any atom is -0.320 e. The Morgan fingerprint density at radius 2 is 1.92 bits per heavy atom. The molecule has 7 heteroatoms. The highest BCUT2D eigenvalue weighted by Crippen LogP contribution is 2.21. The predicted octanol–water partition coefficient (Wildman–Crippen LogP) is 2.61. The topological polar surface area (TPSA) is 80.5 Å². The molecule has 0 atom stereocenters. The van der Waals surface area contributed by atoms with Crippen molar-refractivity contribution in [2.75, 3.05) is 11.6 Å². The number of anilines is 1. The number of fused-ring (bicyclic) bond motifs is 1. The highest BCUT2D eigenvalue weighted by molar-refractivity contribution is 7.90. The zero-order valence-corrected chi connectivity index (χ0v) is 14.4. The Morgan fingerprint density at radius 3 is 2.62 bits per heavy atom. The Morgan fingerprint density at radius 1 is 1.17 bits per heavy atom. The lowest BCUT2D eigenvalue weighted by atomic mass is 10.2. The summed E-state index contributed by atoms with van der Waals surface area (Å²) in [7, 11) is -3.34. The molecule has 2 aromatic heterocycles. The fourth-order valence-corrected chi connectivity index (χ4v) is 2.99. The van der Waals surface area contributed by atoms with Crippen molar-refractivity contribution in [3.05, 3.63) is 59.5 Å². The number of aryl methyl sites for hydroxylation is 2. The van der Waals surface area contributed by atoms with Crippen LogP contribution in [-0.4, -0.2) is 30.0 Å². The van der Waals surface area contributed by atoms with Crippen LogP contribution in [0.3, 0.4) is 0 Å². The zero-order chi connectivity index (χ0) is 17.5. The van der Waals surface area contributed by atoms with E-state index in [1.54, 1.807) is 23.6 Å². The van der Waals surface area contributed by atoms with Gasteiger partial charge in [0, 0.05) is 24.3 Å². The number of aromatic nitrogens is 2. The van der Waals surface area contributed by atoms with Crippen LogP contribution in [0.15, 0.2) is 47.6 Å². The van der Waals surface area contributed by atoms with Gasteiger partial charge < -0.3 is 9.72 Å². The Bertz CT molecular complexity index is 1050. The summed E-state index contributed by atoms with van der Waals surface area (Å²) in [5.74, 6) is -0.384. The predicted molar refractivity (Wildman–Crippen MR) is 92.2 cm³/mol. The van der Waals surface area contributed by atoms with Gasteiger partial charge in [0.05, 0.1) is 4.90 Å². The van der Waals surface area contributed by atoms with Crippen LogP contribution in [0.4, 0.5) is 5.69 Å². The van der Waals surface area contributed by atoms with Crippen molar-refractivity contribution in [3.8, 4) is 0 Å². The van der Waals surface area contributed by atoms with Gasteiger partial charge in [0.1, 0.15) is 11.3 Å². The number of nitrogens with one attached hydrogen (secondary N) is 1. The number of nitrogens with zero attached hydrogens (tertiary/aromatic N) is 2. The summed E-state index contributed by atoms with van der Waals surface area (Å²) < 4.78 is 25.1. The van der Waals surface area contributed by atoms with E-state index in [0.717, 1.165) is 17.4 Å². The van der Waals surface area contributed by atoms with Crippen LogP contribution in [0.2, 0.25) is 0 Å². The third-order valence-corrected chi connectivity index (χ3v) is 4.84. The van der Waals surface area contributed by atoms with Crippen molar-refractivity contribution in [1.29, 1.82) is 0 Å². The molecule has 3 rings (SSSR count). The number of hydrogen-bond donors (Lipinski definition) is 1. The van der Waals surface area contributed by atoms with Gasteiger partial charge in [0.15, 0.2) is 9.84 Å². The molecular weight excluding hydrogens is 326 g/mol. The molecule has 0 aliphatic rings. The average molecular weight is 343 g/mol. The number of carbonyl (C=O) groups excluding carboxylic acids is 1. The van der Waals surface area contributed by atoms with E-state index in [0.29, 0.717) is 11.3 Å². The van der Waals surface area contributed by atoms with E-state index < -0.39 is 9.84 Å². The second-order valence-corrected chi connectivity index (χ2v) is 7.81. The summed E-state index contributed by atoms with van der Waals surface area (Å²) in [6.45, 7) is 3.75. The molecule has 0 aliphatic heterocycles. The number of amides is 1. The Hall–Kier alpha value is -2.67. The Kier molecular flexibility index (Phi) is 3.88. The highest BCUT2D eigenvalue weighted by Gasteiger charge is 2.14. The first-order valence-electron chi connectivity index (χ1n) is 7.31. The van der Waals surface area contributed by atoms with Gasteiger partial charge in [-0.1, -0.05) is 6.07 Å². The van der Waals surface area contributed by atoms with E-state index in [-0.39, 0.29) is 16.5 Å². The first-order chi connectivity index (χ1) is 11.2. The van der Waals surface area contributed by atoms with Crippen molar-refractivity contribution in [3.63, 3.8) is 0 Å². The minimum absolute atomic E-state index is 0.161. The van der Waals surface area contributed by atoms with E-state index in [9.17, 15) is 13.2 Å². The molecule has 0 spiro atoms. The molecule has 124 valence electrons. The largest absolute Gasteiger partial charge is 0.320 e. The SMILES string of the molecule is Cc1ccn2cc(C(=O)Nc3cc(S(C)(=O)=O)ccc3C)nc2c1. The number of benzene rings is 1. The first-order valence-corrected chi connectivity index (χ1v) is 9.20. The van der Waals surface area contributed by atoms with Crippen LogP contribution in [0, 0.1) is 13.8 Å². The Labute approximate surface area is 140 Å². The maximum Gasteiger partial charge on any atom is 0.275 e. The number of sulfone groups is 1.